The minimum atomic E-state index is -0.642. The number of rotatable bonds is 9. The Kier molecular flexibility index (Phi) is 8.45. The standard InChI is InChI=1S/C21H31N3O3/c1-16-9-10-17(19-7-4-3-5-11-23-19)13-18(16)14-24(15-26)20(8-6-12-25)21(27)22-2/h9-10,12-13,15,19-20,23H,3-8,11,14H2,1-2H3,(H,22,27). The Balaban J connectivity index is 2.21. The zero-order chi connectivity index (χ0) is 19.6. The number of carbonyl (C=O) groups is 3. The number of likely N-dealkylation sites (N-methyl/N-ethyl adjacent to an activating group) is 1. The van der Waals surface area contributed by atoms with Crippen molar-refractivity contribution in [1.29, 1.82) is 0 Å². The maximum atomic E-state index is 12.2. The van der Waals surface area contributed by atoms with Crippen LogP contribution in [0.2, 0.25) is 0 Å². The fourth-order valence-corrected chi connectivity index (χ4v) is 3.65. The molecule has 1 fully saturated rings. The van der Waals surface area contributed by atoms with Gasteiger partial charge in [-0.1, -0.05) is 31.0 Å². The normalized spacial score (nSPS) is 18.2. The van der Waals surface area contributed by atoms with E-state index >= 15 is 0 Å². The van der Waals surface area contributed by atoms with E-state index in [2.05, 4.69) is 28.8 Å². The summed E-state index contributed by atoms with van der Waals surface area (Å²) in [6.45, 7) is 3.40. The molecule has 1 aromatic carbocycles. The second-order valence-electron chi connectivity index (χ2n) is 7.19. The SMILES string of the molecule is CNC(=O)C(CCC=O)N(C=O)Cc1cc(C2CCCCCN2)ccc1C. The number of aldehydes is 1. The third-order valence-electron chi connectivity index (χ3n) is 5.33. The summed E-state index contributed by atoms with van der Waals surface area (Å²) in [5.41, 5.74) is 3.35. The summed E-state index contributed by atoms with van der Waals surface area (Å²) in [4.78, 5) is 36.2. The van der Waals surface area contributed by atoms with Crippen LogP contribution in [0, 0.1) is 6.92 Å². The second-order valence-corrected chi connectivity index (χ2v) is 7.19. The molecule has 0 radical (unpaired) electrons. The maximum absolute atomic E-state index is 12.2. The summed E-state index contributed by atoms with van der Waals surface area (Å²) in [6, 6.07) is 6.07. The second kappa shape index (κ2) is 10.8. The number of nitrogens with one attached hydrogen (secondary N) is 2. The smallest absolute Gasteiger partial charge is 0.242 e. The molecule has 0 spiro atoms. The molecule has 1 aromatic rings. The first-order chi connectivity index (χ1) is 13.1. The summed E-state index contributed by atoms with van der Waals surface area (Å²) in [5, 5.41) is 6.20. The molecular weight excluding hydrogens is 342 g/mol. The van der Waals surface area contributed by atoms with Gasteiger partial charge in [0.1, 0.15) is 12.3 Å². The van der Waals surface area contributed by atoms with Gasteiger partial charge in [0.2, 0.25) is 12.3 Å². The van der Waals surface area contributed by atoms with Crippen LogP contribution in [0.15, 0.2) is 18.2 Å². The van der Waals surface area contributed by atoms with Crippen molar-refractivity contribution in [2.45, 2.75) is 64.1 Å². The molecule has 6 nitrogen and oxygen atoms in total. The van der Waals surface area contributed by atoms with Crippen molar-refractivity contribution in [3.63, 3.8) is 0 Å². The van der Waals surface area contributed by atoms with E-state index in [1.807, 2.05) is 6.92 Å². The Hall–Kier alpha value is -2.21. The van der Waals surface area contributed by atoms with Gasteiger partial charge in [-0.05, 0) is 49.4 Å². The molecule has 2 unspecified atom stereocenters. The number of hydrogen-bond acceptors (Lipinski definition) is 4. The van der Waals surface area contributed by atoms with Crippen LogP contribution in [0.3, 0.4) is 0 Å². The molecule has 6 heteroatoms. The van der Waals surface area contributed by atoms with E-state index in [9.17, 15) is 14.4 Å². The first kappa shape index (κ1) is 21.1. The average molecular weight is 373 g/mol. The largest absolute Gasteiger partial charge is 0.357 e. The average Bonchev–Trinajstić information content (AvgIpc) is 2.97. The predicted octanol–water partition coefficient (Wildman–Crippen LogP) is 2.25. The fourth-order valence-electron chi connectivity index (χ4n) is 3.65. The summed E-state index contributed by atoms with van der Waals surface area (Å²) >= 11 is 0. The Morgan fingerprint density at radius 2 is 2.15 bits per heavy atom. The van der Waals surface area contributed by atoms with Gasteiger partial charge >= 0.3 is 0 Å². The van der Waals surface area contributed by atoms with Crippen LogP contribution >= 0.6 is 0 Å². The van der Waals surface area contributed by atoms with Gasteiger partial charge in [-0.3, -0.25) is 9.59 Å². The van der Waals surface area contributed by atoms with Crippen molar-refractivity contribution in [1.82, 2.24) is 15.5 Å². The summed E-state index contributed by atoms with van der Waals surface area (Å²) in [5.74, 6) is -0.247. The molecule has 0 aliphatic carbocycles. The topological polar surface area (TPSA) is 78.5 Å². The molecule has 148 valence electrons. The van der Waals surface area contributed by atoms with Crippen molar-refractivity contribution in [3.05, 3.63) is 34.9 Å². The van der Waals surface area contributed by atoms with Crippen molar-refractivity contribution in [2.24, 2.45) is 0 Å². The van der Waals surface area contributed by atoms with Crippen molar-refractivity contribution < 1.29 is 14.4 Å². The highest BCUT2D eigenvalue weighted by atomic mass is 16.2. The molecule has 2 amide bonds. The van der Waals surface area contributed by atoms with E-state index in [0.29, 0.717) is 25.4 Å². The highest BCUT2D eigenvalue weighted by Crippen LogP contribution is 2.25. The lowest BCUT2D eigenvalue weighted by Crippen LogP contribution is -2.45. The van der Waals surface area contributed by atoms with Crippen LogP contribution in [0.5, 0.6) is 0 Å². The number of aryl methyl sites for hydroxylation is 1. The van der Waals surface area contributed by atoms with Gasteiger partial charge in [0.15, 0.2) is 0 Å². The number of amides is 2. The van der Waals surface area contributed by atoms with E-state index in [-0.39, 0.29) is 12.3 Å². The molecule has 0 bridgehead atoms. The van der Waals surface area contributed by atoms with E-state index < -0.39 is 6.04 Å². The molecule has 2 N–H and O–H groups in total. The molecule has 1 heterocycles. The fraction of sp³-hybridized carbons (Fsp3) is 0.571. The van der Waals surface area contributed by atoms with Gasteiger partial charge in [-0.25, -0.2) is 0 Å². The molecule has 0 saturated carbocycles. The Labute approximate surface area is 161 Å². The molecule has 1 aliphatic rings. The van der Waals surface area contributed by atoms with Gasteiger partial charge in [0, 0.05) is 26.1 Å². The number of benzene rings is 1. The van der Waals surface area contributed by atoms with Crippen molar-refractivity contribution in [2.75, 3.05) is 13.6 Å². The van der Waals surface area contributed by atoms with E-state index in [0.717, 1.165) is 30.4 Å². The Morgan fingerprint density at radius 3 is 2.85 bits per heavy atom. The number of carbonyl (C=O) groups excluding carboxylic acids is 3. The summed E-state index contributed by atoms with van der Waals surface area (Å²) < 4.78 is 0. The van der Waals surface area contributed by atoms with Crippen LogP contribution < -0.4 is 10.6 Å². The van der Waals surface area contributed by atoms with Crippen LogP contribution in [0.25, 0.3) is 0 Å². The molecule has 27 heavy (non-hydrogen) atoms. The quantitative estimate of drug-likeness (QED) is 0.651. The van der Waals surface area contributed by atoms with Crippen LogP contribution in [-0.2, 0) is 20.9 Å². The third-order valence-corrected chi connectivity index (χ3v) is 5.33. The van der Waals surface area contributed by atoms with Crippen LogP contribution in [-0.4, -0.2) is 43.1 Å². The zero-order valence-electron chi connectivity index (χ0n) is 16.4. The summed E-state index contributed by atoms with van der Waals surface area (Å²) in [7, 11) is 1.54. The lowest BCUT2D eigenvalue weighted by molar-refractivity contribution is -0.133. The van der Waals surface area contributed by atoms with Gasteiger partial charge in [-0.15, -0.1) is 0 Å². The first-order valence-corrected chi connectivity index (χ1v) is 9.79. The minimum absolute atomic E-state index is 0.243. The van der Waals surface area contributed by atoms with Crippen LogP contribution in [0.4, 0.5) is 0 Å². The Bertz CT molecular complexity index is 640. The molecule has 1 saturated heterocycles. The monoisotopic (exact) mass is 373 g/mol. The Morgan fingerprint density at radius 1 is 1.33 bits per heavy atom. The number of nitrogens with zero attached hydrogens (tertiary/aromatic N) is 1. The maximum Gasteiger partial charge on any atom is 0.242 e. The van der Waals surface area contributed by atoms with E-state index in [1.54, 1.807) is 7.05 Å². The van der Waals surface area contributed by atoms with Crippen molar-refractivity contribution >= 4 is 18.6 Å². The summed E-state index contributed by atoms with van der Waals surface area (Å²) in [6.07, 6.45) is 6.84. The molecule has 2 rings (SSSR count). The van der Waals surface area contributed by atoms with Crippen LogP contribution in [0.1, 0.15) is 61.3 Å². The first-order valence-electron chi connectivity index (χ1n) is 9.79. The van der Waals surface area contributed by atoms with Gasteiger partial charge in [0.25, 0.3) is 0 Å². The van der Waals surface area contributed by atoms with Crippen molar-refractivity contribution in [3.8, 4) is 0 Å². The zero-order valence-corrected chi connectivity index (χ0v) is 16.4. The van der Waals surface area contributed by atoms with Gasteiger partial charge in [-0.2, -0.15) is 0 Å². The number of hydrogen-bond donors (Lipinski definition) is 2. The minimum Gasteiger partial charge on any atom is -0.357 e. The predicted molar refractivity (Wildman–Crippen MR) is 105 cm³/mol. The highest BCUT2D eigenvalue weighted by molar-refractivity contribution is 5.83. The molecule has 1 aliphatic heterocycles. The molecule has 2 atom stereocenters. The lowest BCUT2D eigenvalue weighted by atomic mass is 9.96. The molecule has 0 aromatic heterocycles. The highest BCUT2D eigenvalue weighted by Gasteiger charge is 2.24. The third kappa shape index (κ3) is 5.89. The van der Waals surface area contributed by atoms with E-state index in [1.165, 1.54) is 29.7 Å². The lowest BCUT2D eigenvalue weighted by Gasteiger charge is -2.28. The molecular formula is C21H31N3O3. The van der Waals surface area contributed by atoms with Gasteiger partial charge < -0.3 is 20.3 Å². The van der Waals surface area contributed by atoms with Gasteiger partial charge in [0.05, 0.1) is 0 Å². The van der Waals surface area contributed by atoms with E-state index in [4.69, 9.17) is 0 Å².